The quantitative estimate of drug-likeness (QED) is 0.821. The Bertz CT molecular complexity index is 656. The molecule has 0 bridgehead atoms. The summed E-state index contributed by atoms with van der Waals surface area (Å²) in [5.74, 6) is -0.813. The molecule has 2 nitrogen and oxygen atoms in total. The highest BCUT2D eigenvalue weighted by Gasteiger charge is 2.12. The van der Waals surface area contributed by atoms with Crippen LogP contribution in [0.5, 0.6) is 0 Å². The largest absolute Gasteiger partial charge is 0.229 e. The summed E-state index contributed by atoms with van der Waals surface area (Å²) in [6, 6.07) is 11.8. The van der Waals surface area contributed by atoms with E-state index >= 15 is 0 Å². The van der Waals surface area contributed by atoms with Gasteiger partial charge in [0, 0.05) is 0 Å². The molecular weight excluding hydrogens is 294 g/mol. The average Bonchev–Trinajstić information content (AvgIpc) is 2.44. The Hall–Kier alpha value is -1.75. The van der Waals surface area contributed by atoms with Crippen LogP contribution in [-0.4, -0.2) is 19.9 Å². The van der Waals surface area contributed by atoms with Crippen LogP contribution in [0.25, 0.3) is 0 Å². The molecule has 0 radical (unpaired) electrons. The molecule has 0 saturated heterocycles. The molecule has 5 heteroatoms. The van der Waals surface area contributed by atoms with Crippen molar-refractivity contribution in [3.05, 3.63) is 71.3 Å². The van der Waals surface area contributed by atoms with Crippen molar-refractivity contribution in [3.8, 4) is 0 Å². The fraction of sp³-hybridized carbons (Fsp3) is 0.250. The fourth-order valence-corrected chi connectivity index (χ4v) is 3.33. The molecule has 2 aromatic carbocycles. The standard InChI is InChI=1S/C16H16F2O2S/c17-15-5-1-3-13(11-15)7-9-21(19,20)10-8-14-4-2-6-16(18)12-14/h1-6,11-12H,7-10H2. The predicted octanol–water partition coefficient (Wildman–Crippen LogP) is 3.16. The fourth-order valence-electron chi connectivity index (χ4n) is 2.03. The normalized spacial score (nSPS) is 11.5. The van der Waals surface area contributed by atoms with E-state index in [1.165, 1.54) is 24.3 Å². The molecule has 0 heterocycles. The molecule has 0 aliphatic heterocycles. The van der Waals surface area contributed by atoms with Gasteiger partial charge in [0.05, 0.1) is 11.5 Å². The second kappa shape index (κ2) is 6.80. The van der Waals surface area contributed by atoms with Crippen LogP contribution >= 0.6 is 0 Å². The summed E-state index contributed by atoms with van der Waals surface area (Å²) in [7, 11) is -3.25. The van der Waals surface area contributed by atoms with E-state index in [2.05, 4.69) is 0 Å². The van der Waals surface area contributed by atoms with E-state index in [9.17, 15) is 17.2 Å². The van der Waals surface area contributed by atoms with Crippen molar-refractivity contribution in [2.24, 2.45) is 0 Å². The van der Waals surface area contributed by atoms with Gasteiger partial charge in [0.1, 0.15) is 11.6 Å². The summed E-state index contributed by atoms with van der Waals surface area (Å²) in [5.41, 5.74) is 1.31. The van der Waals surface area contributed by atoms with Crippen LogP contribution in [-0.2, 0) is 22.7 Å². The van der Waals surface area contributed by atoms with Gasteiger partial charge in [0.15, 0.2) is 9.84 Å². The highest BCUT2D eigenvalue weighted by molar-refractivity contribution is 7.91. The molecule has 2 rings (SSSR count). The first kappa shape index (κ1) is 15.6. The third-order valence-electron chi connectivity index (χ3n) is 3.18. The van der Waals surface area contributed by atoms with E-state index in [0.717, 1.165) is 0 Å². The third kappa shape index (κ3) is 5.27. The van der Waals surface area contributed by atoms with Gasteiger partial charge in [-0.1, -0.05) is 24.3 Å². The summed E-state index contributed by atoms with van der Waals surface area (Å²) in [5, 5.41) is 0. The van der Waals surface area contributed by atoms with Crippen LogP contribution < -0.4 is 0 Å². The molecule has 0 aromatic heterocycles. The highest BCUT2D eigenvalue weighted by Crippen LogP contribution is 2.09. The monoisotopic (exact) mass is 310 g/mol. The van der Waals surface area contributed by atoms with Crippen molar-refractivity contribution in [1.82, 2.24) is 0 Å². The maximum absolute atomic E-state index is 13.0. The molecule has 0 aliphatic carbocycles. The van der Waals surface area contributed by atoms with Gasteiger partial charge in [-0.25, -0.2) is 17.2 Å². The number of halogens is 2. The number of hydrogen-bond donors (Lipinski definition) is 0. The van der Waals surface area contributed by atoms with E-state index in [1.807, 2.05) is 0 Å². The topological polar surface area (TPSA) is 34.1 Å². The Balaban J connectivity index is 1.90. The van der Waals surface area contributed by atoms with Crippen LogP contribution in [0, 0.1) is 11.6 Å². The molecule has 112 valence electrons. The van der Waals surface area contributed by atoms with Crippen LogP contribution in [0.2, 0.25) is 0 Å². The number of aryl methyl sites for hydroxylation is 2. The van der Waals surface area contributed by atoms with Crippen LogP contribution in [0.15, 0.2) is 48.5 Å². The smallest absolute Gasteiger partial charge is 0.150 e. The molecule has 21 heavy (non-hydrogen) atoms. The number of rotatable bonds is 6. The molecule has 0 unspecified atom stereocenters. The van der Waals surface area contributed by atoms with Crippen molar-refractivity contribution in [2.75, 3.05) is 11.5 Å². The molecule has 0 saturated carbocycles. The van der Waals surface area contributed by atoms with E-state index in [-0.39, 0.29) is 36.0 Å². The average molecular weight is 310 g/mol. The molecule has 0 aliphatic rings. The first-order valence-corrected chi connectivity index (χ1v) is 8.46. The zero-order chi connectivity index (χ0) is 15.3. The van der Waals surface area contributed by atoms with Crippen molar-refractivity contribution < 1.29 is 17.2 Å². The summed E-state index contributed by atoms with van der Waals surface area (Å²) in [6.07, 6.45) is 0.562. The van der Waals surface area contributed by atoms with Gasteiger partial charge in [-0.2, -0.15) is 0 Å². The SMILES string of the molecule is O=S(=O)(CCc1cccc(F)c1)CCc1cccc(F)c1. The van der Waals surface area contributed by atoms with Gasteiger partial charge >= 0.3 is 0 Å². The first-order chi connectivity index (χ1) is 9.94. The van der Waals surface area contributed by atoms with Gasteiger partial charge < -0.3 is 0 Å². The maximum Gasteiger partial charge on any atom is 0.150 e. The molecule has 0 N–H and O–H groups in total. The Labute approximate surface area is 123 Å². The van der Waals surface area contributed by atoms with E-state index in [0.29, 0.717) is 11.1 Å². The Morgan fingerprint density at radius 3 is 1.57 bits per heavy atom. The third-order valence-corrected chi connectivity index (χ3v) is 4.83. The molecular formula is C16H16F2O2S. The second-order valence-electron chi connectivity index (χ2n) is 4.91. The van der Waals surface area contributed by atoms with Crippen molar-refractivity contribution in [2.45, 2.75) is 12.8 Å². The van der Waals surface area contributed by atoms with E-state index in [1.54, 1.807) is 24.3 Å². The van der Waals surface area contributed by atoms with E-state index in [4.69, 9.17) is 0 Å². The van der Waals surface area contributed by atoms with Crippen molar-refractivity contribution in [3.63, 3.8) is 0 Å². The van der Waals surface area contributed by atoms with Crippen LogP contribution in [0.1, 0.15) is 11.1 Å². The van der Waals surface area contributed by atoms with Crippen molar-refractivity contribution in [1.29, 1.82) is 0 Å². The Morgan fingerprint density at radius 1 is 0.762 bits per heavy atom. The molecule has 0 atom stereocenters. The zero-order valence-corrected chi connectivity index (χ0v) is 12.2. The van der Waals surface area contributed by atoms with E-state index < -0.39 is 9.84 Å². The summed E-state index contributed by atoms with van der Waals surface area (Å²) < 4.78 is 49.9. The van der Waals surface area contributed by atoms with Gasteiger partial charge in [-0.15, -0.1) is 0 Å². The highest BCUT2D eigenvalue weighted by atomic mass is 32.2. The lowest BCUT2D eigenvalue weighted by Crippen LogP contribution is -2.15. The lowest BCUT2D eigenvalue weighted by atomic mass is 10.2. The second-order valence-corrected chi connectivity index (χ2v) is 7.22. The molecule has 0 amide bonds. The van der Waals surface area contributed by atoms with Crippen LogP contribution in [0.4, 0.5) is 8.78 Å². The minimum atomic E-state index is -3.25. The van der Waals surface area contributed by atoms with Gasteiger partial charge in [-0.3, -0.25) is 0 Å². The number of sulfone groups is 1. The molecule has 0 fully saturated rings. The number of hydrogen-bond acceptors (Lipinski definition) is 2. The minimum absolute atomic E-state index is 0.0359. The van der Waals surface area contributed by atoms with Gasteiger partial charge in [-0.05, 0) is 48.2 Å². The summed E-state index contributed by atoms with van der Waals surface area (Å²) in [6.45, 7) is 0. The zero-order valence-electron chi connectivity index (χ0n) is 11.4. The molecule has 2 aromatic rings. The predicted molar refractivity (Wildman–Crippen MR) is 78.9 cm³/mol. The van der Waals surface area contributed by atoms with Crippen molar-refractivity contribution >= 4 is 9.84 Å². The lowest BCUT2D eigenvalue weighted by Gasteiger charge is -2.05. The Morgan fingerprint density at radius 2 is 1.19 bits per heavy atom. The first-order valence-electron chi connectivity index (χ1n) is 6.64. The van der Waals surface area contributed by atoms with Gasteiger partial charge in [0.2, 0.25) is 0 Å². The summed E-state index contributed by atoms with van der Waals surface area (Å²) >= 11 is 0. The van der Waals surface area contributed by atoms with Gasteiger partial charge in [0.25, 0.3) is 0 Å². The van der Waals surface area contributed by atoms with Crippen LogP contribution in [0.3, 0.4) is 0 Å². The molecule has 0 spiro atoms. The maximum atomic E-state index is 13.0. The summed E-state index contributed by atoms with van der Waals surface area (Å²) in [4.78, 5) is 0. The number of benzene rings is 2. The lowest BCUT2D eigenvalue weighted by molar-refractivity contribution is 0.593. The Kier molecular flexibility index (Phi) is 5.07. The minimum Gasteiger partial charge on any atom is -0.229 e.